The summed E-state index contributed by atoms with van der Waals surface area (Å²) in [6.45, 7) is 8.37. The van der Waals surface area contributed by atoms with Gasteiger partial charge in [0.15, 0.2) is 12.6 Å². The van der Waals surface area contributed by atoms with Gasteiger partial charge >= 0.3 is 5.97 Å². The van der Waals surface area contributed by atoms with E-state index in [1.165, 1.54) is 4.57 Å². The molecule has 1 fully saturated rings. The molecule has 6 aromatic rings. The third-order valence-electron chi connectivity index (χ3n) is 8.70. The molecule has 0 amide bonds. The summed E-state index contributed by atoms with van der Waals surface area (Å²) >= 11 is 12.5. The van der Waals surface area contributed by atoms with E-state index in [1.807, 2.05) is 62.1 Å². The van der Waals surface area contributed by atoms with Crippen LogP contribution in [-0.4, -0.2) is 70.2 Å². The number of fused-ring (bicyclic) bond motifs is 1. The van der Waals surface area contributed by atoms with Crippen molar-refractivity contribution in [3.63, 3.8) is 0 Å². The van der Waals surface area contributed by atoms with Crippen molar-refractivity contribution in [3.05, 3.63) is 124 Å². The smallest absolute Gasteiger partial charge is 0.342 e. The second-order valence-electron chi connectivity index (χ2n) is 12.5. The van der Waals surface area contributed by atoms with Gasteiger partial charge in [0, 0.05) is 19.7 Å². The number of esters is 1. The normalized spacial score (nSPS) is 13.2. The molecule has 1 atom stereocenters. The summed E-state index contributed by atoms with van der Waals surface area (Å²) in [5.74, 6) is -0.0861. The summed E-state index contributed by atoms with van der Waals surface area (Å²) in [6, 6.07) is 27.3. The fourth-order valence-corrected chi connectivity index (χ4v) is 6.24. The van der Waals surface area contributed by atoms with Gasteiger partial charge in [0.05, 0.1) is 57.3 Å². The molecule has 3 heterocycles. The Morgan fingerprint density at radius 2 is 1.59 bits per heavy atom. The Labute approximate surface area is 332 Å². The lowest BCUT2D eigenvalue weighted by molar-refractivity contribution is -0.0273. The lowest BCUT2D eigenvalue weighted by Gasteiger charge is -2.27. The molecule has 12 nitrogen and oxygen atoms in total. The zero-order valence-electron chi connectivity index (χ0n) is 30.9. The summed E-state index contributed by atoms with van der Waals surface area (Å²) in [5, 5.41) is 7.39. The highest BCUT2D eigenvalue weighted by Crippen LogP contribution is 2.36. The van der Waals surface area contributed by atoms with E-state index < -0.39 is 18.2 Å². The molecule has 0 aliphatic carbocycles. The number of morpholine rings is 1. The van der Waals surface area contributed by atoms with Gasteiger partial charge in [-0.15, -0.1) is 0 Å². The van der Waals surface area contributed by atoms with Crippen LogP contribution in [0.5, 0.6) is 0 Å². The first-order valence-electron chi connectivity index (χ1n) is 17.9. The molecule has 16 heteroatoms. The zero-order valence-corrected chi connectivity index (χ0v) is 32.4. The number of halogens is 4. The minimum atomic E-state index is -2.79. The number of para-hydroxylation sites is 3. The Kier molecular flexibility index (Phi) is 13.6. The van der Waals surface area contributed by atoms with E-state index >= 15 is 0 Å². The van der Waals surface area contributed by atoms with Crippen LogP contribution in [0.25, 0.3) is 17.0 Å². The lowest BCUT2D eigenvalue weighted by atomic mass is 10.1. The van der Waals surface area contributed by atoms with E-state index in [1.54, 1.807) is 54.6 Å². The summed E-state index contributed by atoms with van der Waals surface area (Å²) in [5.41, 5.74) is 4.38. The van der Waals surface area contributed by atoms with E-state index in [0.717, 1.165) is 11.1 Å². The van der Waals surface area contributed by atoms with Crippen molar-refractivity contribution in [3.8, 4) is 5.95 Å². The first kappa shape index (κ1) is 40.3. The van der Waals surface area contributed by atoms with Gasteiger partial charge in [-0.2, -0.15) is 15.0 Å². The Morgan fingerprint density at radius 3 is 2.34 bits per heavy atom. The number of ether oxygens (including phenoxy) is 3. The van der Waals surface area contributed by atoms with Gasteiger partial charge in [0.25, 0.3) is 6.43 Å². The topological polar surface area (TPSA) is 129 Å². The van der Waals surface area contributed by atoms with Crippen LogP contribution < -0.4 is 15.5 Å². The molecule has 0 bridgehead atoms. The molecule has 0 saturated carbocycles. The van der Waals surface area contributed by atoms with Crippen LogP contribution in [0.15, 0.2) is 91.0 Å². The van der Waals surface area contributed by atoms with Gasteiger partial charge in [-0.25, -0.2) is 18.6 Å². The Hall–Kier alpha value is -5.41. The second-order valence-corrected chi connectivity index (χ2v) is 13.3. The molecule has 4 aromatic carbocycles. The number of hydrogen-bond acceptors (Lipinski definition) is 11. The number of benzene rings is 4. The van der Waals surface area contributed by atoms with Crippen LogP contribution >= 0.6 is 23.2 Å². The van der Waals surface area contributed by atoms with Crippen LogP contribution in [-0.2, 0) is 14.2 Å². The summed E-state index contributed by atoms with van der Waals surface area (Å²) < 4.78 is 44.7. The largest absolute Gasteiger partial charge is 0.435 e. The predicted molar refractivity (Wildman–Crippen MR) is 214 cm³/mol. The molecule has 2 aromatic heterocycles. The van der Waals surface area contributed by atoms with Crippen molar-refractivity contribution >= 4 is 63.5 Å². The number of anilines is 4. The maximum atomic E-state index is 13.9. The van der Waals surface area contributed by atoms with E-state index in [4.69, 9.17) is 37.4 Å². The molecule has 0 radical (unpaired) electrons. The van der Waals surface area contributed by atoms with Crippen LogP contribution in [0.1, 0.15) is 53.6 Å². The Morgan fingerprint density at radius 1 is 0.893 bits per heavy atom. The first-order valence-corrected chi connectivity index (χ1v) is 18.6. The lowest BCUT2D eigenvalue weighted by Crippen LogP contribution is -2.37. The fourth-order valence-electron chi connectivity index (χ4n) is 5.78. The number of aromatic nitrogens is 5. The minimum Gasteiger partial charge on any atom is -0.435 e. The highest BCUT2D eigenvalue weighted by molar-refractivity contribution is 6.39. The van der Waals surface area contributed by atoms with Crippen molar-refractivity contribution in [1.29, 1.82) is 0 Å². The van der Waals surface area contributed by atoms with Crippen LogP contribution in [0, 0.1) is 6.92 Å². The maximum absolute atomic E-state index is 13.9. The number of carbonyl (C=O) groups is 1. The quantitative estimate of drug-likeness (QED) is 0.0698. The van der Waals surface area contributed by atoms with Crippen molar-refractivity contribution < 1.29 is 27.8 Å². The number of nitrogens with one attached hydrogen (secondary N) is 2. The molecule has 1 saturated heterocycles. The monoisotopic (exact) mass is 804 g/mol. The van der Waals surface area contributed by atoms with Gasteiger partial charge < -0.3 is 29.7 Å². The minimum absolute atomic E-state index is 0.0877. The molecule has 56 heavy (non-hydrogen) atoms. The highest BCUT2D eigenvalue weighted by Gasteiger charge is 2.25. The molecule has 0 unspecified atom stereocenters. The van der Waals surface area contributed by atoms with Crippen molar-refractivity contribution in [2.75, 3.05) is 55.2 Å². The zero-order chi connectivity index (χ0) is 39.6. The standard InChI is InChI=1S/C23H23F2N7O.C17H17Cl2NO3/c1-15(16-7-3-2-4-8-16)26-21-28-22(31-11-13-33-14-12-31)30-23(29-21)32-18-10-6-5-9-17(18)27-20(32)19(24)25;1-3-22-10-23-17(21)12-6-4-5-7-14(12)20-16-13(18)9-8-11(2)15(16)19/h2-10,15,19H,11-14H2,1H3,(H,26,28,29,30);4-9,20H,3,10H2,1-2H3/t15-;/m1./s1. The molecule has 2 N–H and O–H groups in total. The molecular weight excluding hydrogens is 765 g/mol. The maximum Gasteiger partial charge on any atom is 0.342 e. The van der Waals surface area contributed by atoms with Crippen LogP contribution in [0.2, 0.25) is 10.0 Å². The van der Waals surface area contributed by atoms with E-state index in [2.05, 4.69) is 30.6 Å². The first-order chi connectivity index (χ1) is 27.1. The number of nitrogens with zero attached hydrogens (tertiary/aromatic N) is 6. The number of hydrogen-bond donors (Lipinski definition) is 2. The number of alkyl halides is 2. The SMILES string of the molecule is CCOCOC(=O)c1ccccc1Nc1c(Cl)ccc(C)c1Cl.C[C@@H](Nc1nc(N2CCOCC2)nc(-n2c(C(F)F)nc3ccccc32)n1)c1ccccc1. The van der Waals surface area contributed by atoms with Gasteiger partial charge in [-0.1, -0.05) is 83.9 Å². The number of imidazole rings is 1. The van der Waals surface area contributed by atoms with Crippen molar-refractivity contribution in [2.24, 2.45) is 0 Å². The Bertz CT molecular complexity index is 2260. The second kappa shape index (κ2) is 19.0. The average molecular weight is 806 g/mol. The highest BCUT2D eigenvalue weighted by atomic mass is 35.5. The van der Waals surface area contributed by atoms with E-state index in [9.17, 15) is 13.6 Å². The predicted octanol–water partition coefficient (Wildman–Crippen LogP) is 9.35. The fraction of sp³-hybridized carbons (Fsp3) is 0.275. The average Bonchev–Trinajstić information content (AvgIpc) is 3.62. The van der Waals surface area contributed by atoms with Gasteiger partial charge in [-0.05, 0) is 62.2 Å². The third-order valence-corrected chi connectivity index (χ3v) is 9.50. The van der Waals surface area contributed by atoms with Crippen molar-refractivity contribution in [2.45, 2.75) is 33.2 Å². The molecule has 1 aliphatic rings. The molecule has 292 valence electrons. The third kappa shape index (κ3) is 9.69. The number of carbonyl (C=O) groups excluding carboxylic acids is 1. The number of rotatable bonds is 12. The molecule has 7 rings (SSSR count). The molecular formula is C40H40Cl2F2N8O4. The van der Waals surface area contributed by atoms with Crippen molar-refractivity contribution in [1.82, 2.24) is 24.5 Å². The van der Waals surface area contributed by atoms with E-state index in [0.29, 0.717) is 82.8 Å². The molecule has 1 aliphatic heterocycles. The van der Waals surface area contributed by atoms with Gasteiger partial charge in [0.2, 0.25) is 17.8 Å². The number of aryl methyl sites for hydroxylation is 1. The Balaban J connectivity index is 0.000000204. The molecule has 0 spiro atoms. The summed E-state index contributed by atoms with van der Waals surface area (Å²) in [6.07, 6.45) is -2.79. The van der Waals surface area contributed by atoms with Gasteiger partial charge in [-0.3, -0.25) is 4.57 Å². The summed E-state index contributed by atoms with van der Waals surface area (Å²) in [4.78, 5) is 32.0. The summed E-state index contributed by atoms with van der Waals surface area (Å²) in [7, 11) is 0. The van der Waals surface area contributed by atoms with Crippen LogP contribution in [0.3, 0.4) is 0 Å². The van der Waals surface area contributed by atoms with Gasteiger partial charge in [0.1, 0.15) is 0 Å². The van der Waals surface area contributed by atoms with E-state index in [-0.39, 0.29) is 18.8 Å². The van der Waals surface area contributed by atoms with Crippen LogP contribution in [0.4, 0.5) is 32.1 Å².